The molecule has 0 spiro atoms. The summed E-state index contributed by atoms with van der Waals surface area (Å²) in [6.07, 6.45) is 4.50. The van der Waals surface area contributed by atoms with Gasteiger partial charge in [-0.1, -0.05) is 12.1 Å². The predicted molar refractivity (Wildman–Crippen MR) is 134 cm³/mol. The van der Waals surface area contributed by atoms with E-state index in [1.807, 2.05) is 0 Å². The Morgan fingerprint density at radius 2 is 1.89 bits per heavy atom. The van der Waals surface area contributed by atoms with Gasteiger partial charge >= 0.3 is 0 Å². The molecule has 0 bridgehead atoms. The van der Waals surface area contributed by atoms with Crippen LogP contribution in [0, 0.1) is 10.1 Å². The summed E-state index contributed by atoms with van der Waals surface area (Å²) >= 11 is 1.10. The van der Waals surface area contributed by atoms with E-state index >= 15 is 0 Å². The van der Waals surface area contributed by atoms with Gasteiger partial charge in [0.25, 0.3) is 11.6 Å². The molecule has 1 amide bonds. The number of phenols is 1. The molecule has 0 unspecified atom stereocenters. The van der Waals surface area contributed by atoms with Gasteiger partial charge in [0.1, 0.15) is 5.76 Å². The Hall–Kier alpha value is -4.58. The summed E-state index contributed by atoms with van der Waals surface area (Å²) in [6.45, 7) is 0.129. The molecule has 4 rings (SSSR count). The number of hydrogen-bond donors (Lipinski definition) is 1. The van der Waals surface area contributed by atoms with Gasteiger partial charge in [-0.25, -0.2) is 0 Å². The van der Waals surface area contributed by atoms with Gasteiger partial charge in [-0.05, 0) is 47.7 Å². The van der Waals surface area contributed by atoms with Gasteiger partial charge in [0, 0.05) is 17.7 Å². The minimum atomic E-state index is -0.496. The number of thioether (sulfide) groups is 1. The Balaban J connectivity index is 1.66. The number of amides is 1. The fourth-order valence-electron chi connectivity index (χ4n) is 3.29. The largest absolute Gasteiger partial charge is 0.502 e. The summed E-state index contributed by atoms with van der Waals surface area (Å²) in [5.41, 5.74) is 0.984. The van der Waals surface area contributed by atoms with Crippen LogP contribution in [0.5, 0.6) is 17.2 Å². The zero-order chi connectivity index (χ0) is 25.7. The van der Waals surface area contributed by atoms with E-state index in [1.165, 1.54) is 43.7 Å². The van der Waals surface area contributed by atoms with Crippen LogP contribution in [-0.2, 0) is 11.3 Å². The maximum atomic E-state index is 13.3. The molecular formula is C24H20N4O7S. The zero-order valence-electron chi connectivity index (χ0n) is 19.2. The maximum absolute atomic E-state index is 13.3. The van der Waals surface area contributed by atoms with Gasteiger partial charge in [0.2, 0.25) is 5.75 Å². The Kier molecular flexibility index (Phi) is 7.35. The van der Waals surface area contributed by atoms with Gasteiger partial charge in [0.05, 0.1) is 43.1 Å². The van der Waals surface area contributed by atoms with Gasteiger partial charge in [-0.3, -0.25) is 19.8 Å². The lowest BCUT2D eigenvalue weighted by atomic mass is 10.1. The van der Waals surface area contributed by atoms with E-state index in [0.29, 0.717) is 27.0 Å². The van der Waals surface area contributed by atoms with E-state index in [1.54, 1.807) is 42.5 Å². The third-order valence-electron chi connectivity index (χ3n) is 5.01. The molecule has 12 heteroatoms. The molecule has 0 atom stereocenters. The van der Waals surface area contributed by atoms with Crippen LogP contribution < -0.4 is 9.47 Å². The van der Waals surface area contributed by atoms with Crippen LogP contribution in [-0.4, -0.2) is 46.4 Å². The average molecular weight is 509 g/mol. The molecule has 1 fully saturated rings. The second-order valence-electron chi connectivity index (χ2n) is 7.33. The number of amidine groups is 1. The van der Waals surface area contributed by atoms with Crippen molar-refractivity contribution in [3.63, 3.8) is 0 Å². The number of phenolic OH excluding ortho intramolecular Hbond substituents is 1. The number of carbonyl (C=O) groups is 1. The zero-order valence-corrected chi connectivity index (χ0v) is 20.0. The molecule has 1 aliphatic heterocycles. The van der Waals surface area contributed by atoms with Crippen LogP contribution in [0.4, 0.5) is 5.69 Å². The number of furan rings is 1. The van der Waals surface area contributed by atoms with Crippen molar-refractivity contribution in [3.05, 3.63) is 86.7 Å². The SMILES string of the molecule is COc1cc(/C=C2\S/C(=N\N=C\c3cccc([N+](=O)[O-])c3)N(Cc3ccco3)C2=O)cc(OC)c1O. The van der Waals surface area contributed by atoms with Crippen molar-refractivity contribution in [1.82, 2.24) is 4.90 Å². The minimum Gasteiger partial charge on any atom is -0.502 e. The van der Waals surface area contributed by atoms with Crippen LogP contribution in [0.1, 0.15) is 16.9 Å². The number of benzene rings is 2. The lowest BCUT2D eigenvalue weighted by Gasteiger charge is -2.12. The molecule has 36 heavy (non-hydrogen) atoms. The molecule has 1 aliphatic rings. The first kappa shape index (κ1) is 24.5. The number of hydrogen-bond acceptors (Lipinski definition) is 10. The summed E-state index contributed by atoms with van der Waals surface area (Å²) in [7, 11) is 2.83. The smallest absolute Gasteiger partial charge is 0.270 e. The first-order valence-corrected chi connectivity index (χ1v) is 11.3. The number of aromatic hydroxyl groups is 1. The fraction of sp³-hybridized carbons (Fsp3) is 0.125. The lowest BCUT2D eigenvalue weighted by Crippen LogP contribution is -2.28. The predicted octanol–water partition coefficient (Wildman–Crippen LogP) is 4.42. The number of methoxy groups -OCH3 is 2. The molecule has 0 saturated carbocycles. The Morgan fingerprint density at radius 1 is 1.14 bits per heavy atom. The van der Waals surface area contributed by atoms with Crippen LogP contribution >= 0.6 is 11.8 Å². The van der Waals surface area contributed by atoms with E-state index in [-0.39, 0.29) is 35.4 Å². The molecule has 1 N–H and O–H groups in total. The molecular weight excluding hydrogens is 488 g/mol. The van der Waals surface area contributed by atoms with Crippen molar-refractivity contribution < 1.29 is 28.7 Å². The molecule has 0 radical (unpaired) electrons. The van der Waals surface area contributed by atoms with Crippen molar-refractivity contribution in [2.75, 3.05) is 14.2 Å². The number of nitrogens with zero attached hydrogens (tertiary/aromatic N) is 4. The average Bonchev–Trinajstić information content (AvgIpc) is 3.49. The summed E-state index contributed by atoms with van der Waals surface area (Å²) in [6, 6.07) is 12.5. The maximum Gasteiger partial charge on any atom is 0.270 e. The van der Waals surface area contributed by atoms with E-state index in [2.05, 4.69) is 10.2 Å². The van der Waals surface area contributed by atoms with Crippen molar-refractivity contribution in [3.8, 4) is 17.2 Å². The summed E-state index contributed by atoms with van der Waals surface area (Å²) in [5.74, 6) is 0.462. The third kappa shape index (κ3) is 5.39. The molecule has 1 saturated heterocycles. The number of non-ortho nitro benzene ring substituents is 1. The summed E-state index contributed by atoms with van der Waals surface area (Å²) in [4.78, 5) is 25.5. The topological polar surface area (TPSA) is 140 Å². The normalized spacial score (nSPS) is 15.8. The lowest BCUT2D eigenvalue weighted by molar-refractivity contribution is -0.384. The Bertz CT molecular complexity index is 1360. The Labute approximate surface area is 209 Å². The molecule has 3 aromatic rings. The monoisotopic (exact) mass is 508 g/mol. The number of carbonyl (C=O) groups excluding carboxylic acids is 1. The highest BCUT2D eigenvalue weighted by Gasteiger charge is 2.34. The van der Waals surface area contributed by atoms with E-state index in [9.17, 15) is 20.0 Å². The molecule has 184 valence electrons. The van der Waals surface area contributed by atoms with E-state index < -0.39 is 4.92 Å². The van der Waals surface area contributed by atoms with Crippen molar-refractivity contribution in [2.24, 2.45) is 10.2 Å². The minimum absolute atomic E-state index is 0.0681. The first-order chi connectivity index (χ1) is 17.4. The van der Waals surface area contributed by atoms with Crippen LogP contribution in [0.3, 0.4) is 0 Å². The second-order valence-corrected chi connectivity index (χ2v) is 8.34. The van der Waals surface area contributed by atoms with Crippen molar-refractivity contribution >= 4 is 40.8 Å². The molecule has 11 nitrogen and oxygen atoms in total. The van der Waals surface area contributed by atoms with E-state index in [4.69, 9.17) is 13.9 Å². The fourth-order valence-corrected chi connectivity index (χ4v) is 4.23. The standard InChI is InChI=1S/C24H20N4O7S/c1-33-19-10-16(11-20(34-2)22(19)29)12-21-23(30)27(14-18-7-4-8-35-18)24(36-21)26-25-13-15-5-3-6-17(9-15)28(31)32/h3-13,29H,14H2,1-2H3/b21-12-,25-13+,26-24-. The number of ether oxygens (including phenoxy) is 2. The first-order valence-electron chi connectivity index (χ1n) is 10.4. The van der Waals surface area contributed by atoms with Gasteiger partial charge in [-0.2, -0.15) is 5.10 Å². The number of nitro groups is 1. The third-order valence-corrected chi connectivity index (χ3v) is 6.01. The van der Waals surface area contributed by atoms with E-state index in [0.717, 1.165) is 11.8 Å². The Morgan fingerprint density at radius 3 is 2.53 bits per heavy atom. The van der Waals surface area contributed by atoms with Crippen LogP contribution in [0.15, 0.2) is 74.3 Å². The summed E-state index contributed by atoms with van der Waals surface area (Å²) < 4.78 is 15.8. The quantitative estimate of drug-likeness (QED) is 0.204. The molecule has 2 aromatic carbocycles. The van der Waals surface area contributed by atoms with Crippen LogP contribution in [0.2, 0.25) is 0 Å². The molecule has 2 heterocycles. The van der Waals surface area contributed by atoms with Gasteiger partial charge in [-0.15, -0.1) is 5.10 Å². The summed E-state index contributed by atoms with van der Waals surface area (Å²) in [5, 5.41) is 29.7. The highest BCUT2D eigenvalue weighted by atomic mass is 32.2. The van der Waals surface area contributed by atoms with Crippen LogP contribution in [0.25, 0.3) is 6.08 Å². The van der Waals surface area contributed by atoms with Crippen molar-refractivity contribution in [1.29, 1.82) is 0 Å². The van der Waals surface area contributed by atoms with Gasteiger partial charge < -0.3 is 19.0 Å². The molecule has 1 aromatic heterocycles. The number of nitro benzene ring substituents is 1. The molecule has 0 aliphatic carbocycles. The highest BCUT2D eigenvalue weighted by Crippen LogP contribution is 2.39. The highest BCUT2D eigenvalue weighted by molar-refractivity contribution is 8.18. The number of rotatable bonds is 8. The second kappa shape index (κ2) is 10.8. The van der Waals surface area contributed by atoms with Gasteiger partial charge in [0.15, 0.2) is 16.7 Å². The van der Waals surface area contributed by atoms with Crippen molar-refractivity contribution in [2.45, 2.75) is 6.54 Å².